The summed E-state index contributed by atoms with van der Waals surface area (Å²) in [5, 5.41) is 0. The third-order valence-corrected chi connectivity index (χ3v) is 6.30. The summed E-state index contributed by atoms with van der Waals surface area (Å²) in [6.45, 7) is 6.11. The van der Waals surface area contributed by atoms with E-state index in [4.69, 9.17) is 4.74 Å². The first-order valence-electron chi connectivity index (χ1n) is 11.3. The number of carbonyl (C=O) groups excluding carboxylic acids is 2. The van der Waals surface area contributed by atoms with Crippen molar-refractivity contribution in [2.45, 2.75) is 25.9 Å². The van der Waals surface area contributed by atoms with E-state index in [1.165, 1.54) is 0 Å². The first kappa shape index (κ1) is 22.2. The molecule has 0 unspecified atom stereocenters. The van der Waals surface area contributed by atoms with Crippen molar-refractivity contribution in [1.82, 2.24) is 24.7 Å². The van der Waals surface area contributed by atoms with E-state index >= 15 is 0 Å². The molecule has 170 valence electrons. The van der Waals surface area contributed by atoms with Crippen LogP contribution in [0.5, 0.6) is 5.75 Å². The Bertz CT molecular complexity index is 913. The average molecular weight is 438 g/mol. The number of nitrogens with zero attached hydrogens (tertiary/aromatic N) is 5. The van der Waals surface area contributed by atoms with E-state index in [0.29, 0.717) is 37.3 Å². The van der Waals surface area contributed by atoms with Crippen molar-refractivity contribution in [3.63, 3.8) is 0 Å². The van der Waals surface area contributed by atoms with E-state index in [-0.39, 0.29) is 23.8 Å². The number of amides is 2. The van der Waals surface area contributed by atoms with Crippen molar-refractivity contribution < 1.29 is 14.3 Å². The Balaban J connectivity index is 1.47. The molecule has 2 aliphatic heterocycles. The van der Waals surface area contributed by atoms with Gasteiger partial charge in [-0.3, -0.25) is 9.59 Å². The van der Waals surface area contributed by atoms with Crippen molar-refractivity contribution in [3.05, 3.63) is 54.1 Å². The highest BCUT2D eigenvalue weighted by Crippen LogP contribution is 2.27. The van der Waals surface area contributed by atoms with Gasteiger partial charge in [0.2, 0.25) is 5.91 Å². The van der Waals surface area contributed by atoms with Crippen LogP contribution >= 0.6 is 0 Å². The summed E-state index contributed by atoms with van der Waals surface area (Å²) in [6, 6.07) is 9.69. The van der Waals surface area contributed by atoms with Gasteiger partial charge in [-0.2, -0.15) is 0 Å². The van der Waals surface area contributed by atoms with Crippen LogP contribution in [0.3, 0.4) is 0 Å². The van der Waals surface area contributed by atoms with E-state index in [2.05, 4.69) is 21.9 Å². The molecule has 2 aliphatic rings. The van der Waals surface area contributed by atoms with Crippen LogP contribution in [-0.2, 0) is 4.79 Å². The molecule has 0 bridgehead atoms. The zero-order chi connectivity index (χ0) is 22.5. The highest BCUT2D eigenvalue weighted by molar-refractivity contribution is 5.93. The molecule has 0 spiro atoms. The maximum Gasteiger partial charge on any atom is 0.257 e. The molecule has 0 N–H and O–H groups in total. The van der Waals surface area contributed by atoms with Crippen LogP contribution in [0.4, 0.5) is 0 Å². The molecule has 2 amide bonds. The lowest BCUT2D eigenvalue weighted by atomic mass is 9.90. The van der Waals surface area contributed by atoms with Crippen LogP contribution < -0.4 is 4.74 Å². The van der Waals surface area contributed by atoms with Crippen molar-refractivity contribution in [2.75, 3.05) is 46.3 Å². The largest absolute Gasteiger partial charge is 0.490 e. The molecule has 2 atom stereocenters. The number of hydrogen-bond donors (Lipinski definition) is 0. The fraction of sp³-hybridized carbons (Fsp3) is 0.500. The predicted molar refractivity (Wildman–Crippen MR) is 120 cm³/mol. The first-order chi connectivity index (χ1) is 15.5. The number of aromatic nitrogens is 2. The van der Waals surface area contributed by atoms with Gasteiger partial charge in [0.25, 0.3) is 5.91 Å². The number of benzene rings is 1. The zero-order valence-corrected chi connectivity index (χ0v) is 18.8. The van der Waals surface area contributed by atoms with Gasteiger partial charge in [-0.25, -0.2) is 9.97 Å². The summed E-state index contributed by atoms with van der Waals surface area (Å²) in [7, 11) is 2.07. The summed E-state index contributed by atoms with van der Waals surface area (Å²) < 4.78 is 6.28. The Hall–Kier alpha value is -3.00. The maximum atomic E-state index is 13.1. The van der Waals surface area contributed by atoms with E-state index in [1.54, 1.807) is 24.2 Å². The van der Waals surface area contributed by atoms with Crippen LogP contribution in [-0.4, -0.2) is 88.9 Å². The molecule has 0 saturated carbocycles. The van der Waals surface area contributed by atoms with Gasteiger partial charge in [0.05, 0.1) is 5.56 Å². The third-order valence-electron chi connectivity index (χ3n) is 6.30. The van der Waals surface area contributed by atoms with Crippen molar-refractivity contribution >= 4 is 11.8 Å². The lowest BCUT2D eigenvalue weighted by Gasteiger charge is -2.40. The highest BCUT2D eigenvalue weighted by atomic mass is 16.5. The molecular weight excluding hydrogens is 406 g/mol. The molecule has 8 nitrogen and oxygen atoms in total. The summed E-state index contributed by atoms with van der Waals surface area (Å²) in [5.74, 6) is 1.39. The van der Waals surface area contributed by atoms with Crippen molar-refractivity contribution in [1.29, 1.82) is 0 Å². The normalized spacial score (nSPS) is 21.9. The molecule has 2 aromatic rings. The SMILES string of the molecule is Cc1ncc(C(=O)N2CC[C@H](Oc3ccccc3)[C@@H](CC(=O)N3CCN(C)CC3)C2)cn1. The van der Waals surface area contributed by atoms with Crippen LogP contribution in [0.1, 0.15) is 29.0 Å². The predicted octanol–water partition coefficient (Wildman–Crippen LogP) is 1.86. The molecule has 4 rings (SSSR count). The second-order valence-electron chi connectivity index (χ2n) is 8.68. The third kappa shape index (κ3) is 5.43. The van der Waals surface area contributed by atoms with E-state index in [9.17, 15) is 9.59 Å². The molecule has 1 aromatic heterocycles. The number of aryl methyl sites for hydroxylation is 1. The minimum absolute atomic E-state index is 0.0774. The van der Waals surface area contributed by atoms with Gasteiger partial charge < -0.3 is 19.4 Å². The quantitative estimate of drug-likeness (QED) is 0.711. The number of likely N-dealkylation sites (N-methyl/N-ethyl adjacent to an activating group) is 1. The van der Waals surface area contributed by atoms with Crippen molar-refractivity contribution in [3.8, 4) is 5.75 Å². The van der Waals surface area contributed by atoms with E-state index < -0.39 is 0 Å². The fourth-order valence-electron chi connectivity index (χ4n) is 4.32. The lowest BCUT2D eigenvalue weighted by molar-refractivity contribution is -0.135. The van der Waals surface area contributed by atoms with Crippen LogP contribution in [0.15, 0.2) is 42.7 Å². The minimum atomic E-state index is -0.118. The smallest absolute Gasteiger partial charge is 0.257 e. The number of piperidine rings is 1. The van der Waals surface area contributed by atoms with Gasteiger partial charge in [0.1, 0.15) is 17.7 Å². The Morgan fingerprint density at radius 2 is 1.69 bits per heavy atom. The number of carbonyl (C=O) groups is 2. The first-order valence-corrected chi connectivity index (χ1v) is 11.3. The number of para-hydroxylation sites is 1. The summed E-state index contributed by atoms with van der Waals surface area (Å²) in [4.78, 5) is 40.4. The van der Waals surface area contributed by atoms with Gasteiger partial charge in [-0.05, 0) is 26.1 Å². The second kappa shape index (κ2) is 10.1. The molecule has 2 saturated heterocycles. The Kier molecular flexibility index (Phi) is 6.99. The lowest BCUT2D eigenvalue weighted by Crippen LogP contribution is -2.51. The van der Waals surface area contributed by atoms with Gasteiger partial charge in [-0.1, -0.05) is 18.2 Å². The topological polar surface area (TPSA) is 78.9 Å². The summed E-state index contributed by atoms with van der Waals surface area (Å²) in [5.41, 5.74) is 0.474. The number of ether oxygens (including phenoxy) is 1. The number of likely N-dealkylation sites (tertiary alicyclic amines) is 1. The van der Waals surface area contributed by atoms with Gasteiger partial charge in [0, 0.05) is 70.4 Å². The van der Waals surface area contributed by atoms with E-state index in [1.807, 2.05) is 35.2 Å². The zero-order valence-electron chi connectivity index (χ0n) is 18.8. The van der Waals surface area contributed by atoms with Gasteiger partial charge >= 0.3 is 0 Å². The molecule has 1 aromatic carbocycles. The molecule has 0 aliphatic carbocycles. The maximum absolute atomic E-state index is 13.1. The fourth-order valence-corrected chi connectivity index (χ4v) is 4.32. The molecule has 32 heavy (non-hydrogen) atoms. The minimum Gasteiger partial charge on any atom is -0.490 e. The Morgan fingerprint density at radius 3 is 2.38 bits per heavy atom. The average Bonchev–Trinajstić information content (AvgIpc) is 2.81. The summed E-state index contributed by atoms with van der Waals surface area (Å²) in [6.07, 6.45) is 4.07. The Morgan fingerprint density at radius 1 is 1.00 bits per heavy atom. The number of hydrogen-bond acceptors (Lipinski definition) is 6. The molecule has 8 heteroatoms. The number of rotatable bonds is 5. The van der Waals surface area contributed by atoms with Crippen molar-refractivity contribution in [2.24, 2.45) is 5.92 Å². The molecule has 2 fully saturated rings. The Labute approximate surface area is 189 Å². The number of piperazine rings is 1. The van der Waals surface area contributed by atoms with Crippen LogP contribution in [0.2, 0.25) is 0 Å². The highest BCUT2D eigenvalue weighted by Gasteiger charge is 2.36. The van der Waals surface area contributed by atoms with Gasteiger partial charge in [-0.15, -0.1) is 0 Å². The monoisotopic (exact) mass is 437 g/mol. The summed E-state index contributed by atoms with van der Waals surface area (Å²) >= 11 is 0. The molecule has 0 radical (unpaired) electrons. The molecule has 3 heterocycles. The van der Waals surface area contributed by atoms with Crippen LogP contribution in [0, 0.1) is 12.8 Å². The van der Waals surface area contributed by atoms with Gasteiger partial charge in [0.15, 0.2) is 0 Å². The van der Waals surface area contributed by atoms with Crippen LogP contribution in [0.25, 0.3) is 0 Å². The second-order valence-corrected chi connectivity index (χ2v) is 8.68. The molecular formula is C24H31N5O3. The van der Waals surface area contributed by atoms with E-state index in [0.717, 1.165) is 31.9 Å². The standard InChI is InChI=1S/C24H31N5O3/c1-18-25-15-20(16-26-18)24(31)29-9-8-22(32-21-6-4-3-5-7-21)19(17-29)14-23(30)28-12-10-27(2)11-13-28/h3-7,15-16,19,22H,8-14,17H2,1-2H3/t19-,22-/m0/s1.